The summed E-state index contributed by atoms with van der Waals surface area (Å²) in [5, 5.41) is 3.95. The van der Waals surface area contributed by atoms with Gasteiger partial charge >= 0.3 is 12.1 Å². The Kier molecular flexibility index (Phi) is 10.2. The third-order valence-electron chi connectivity index (χ3n) is 7.08. The van der Waals surface area contributed by atoms with E-state index >= 15 is 0 Å². The molecule has 4 rings (SSSR count). The molecule has 41 heavy (non-hydrogen) atoms. The molecule has 1 aliphatic heterocycles. The highest BCUT2D eigenvalue weighted by molar-refractivity contribution is 6.30. The molecule has 3 atom stereocenters. The number of ether oxygens (including phenoxy) is 1. The third-order valence-corrected chi connectivity index (χ3v) is 7.59. The molecule has 3 unspecified atom stereocenters. The van der Waals surface area contributed by atoms with Crippen molar-refractivity contribution in [1.82, 2.24) is 10.2 Å². The van der Waals surface area contributed by atoms with Crippen molar-refractivity contribution in [3.8, 4) is 0 Å². The monoisotopic (exact) mass is 607 g/mol. The van der Waals surface area contributed by atoms with Gasteiger partial charge in [0.2, 0.25) is 6.23 Å². The second-order valence-electron chi connectivity index (χ2n) is 9.90. The van der Waals surface area contributed by atoms with Crippen molar-refractivity contribution in [2.24, 2.45) is 0 Å². The highest BCUT2D eigenvalue weighted by atomic mass is 35.5. The number of rotatable bonds is 9. The number of nitrogens with one attached hydrogen (secondary N) is 1. The van der Waals surface area contributed by atoms with Gasteiger partial charge in [0, 0.05) is 53.9 Å². The summed E-state index contributed by atoms with van der Waals surface area (Å²) in [4.78, 5) is 28.9. The van der Waals surface area contributed by atoms with Crippen molar-refractivity contribution in [1.29, 1.82) is 0 Å². The topological polar surface area (TPSA) is 61.9 Å². The molecule has 1 aliphatic rings. The van der Waals surface area contributed by atoms with Gasteiger partial charge in [-0.3, -0.25) is 9.69 Å². The molecule has 1 saturated heterocycles. The van der Waals surface area contributed by atoms with E-state index in [2.05, 4.69) is 10.2 Å². The summed E-state index contributed by atoms with van der Waals surface area (Å²) in [6.07, 6.45) is -6.48. The number of anilines is 1. The maximum atomic E-state index is 13.5. The second-order valence-corrected chi connectivity index (χ2v) is 10.8. The Morgan fingerprint density at radius 2 is 1.44 bits per heavy atom. The summed E-state index contributed by atoms with van der Waals surface area (Å²) in [6, 6.07) is 23.4. The number of hydrogen-bond acceptors (Lipinski definition) is 5. The highest BCUT2D eigenvalue weighted by Crippen LogP contribution is 2.28. The van der Waals surface area contributed by atoms with Crippen LogP contribution in [0.4, 0.5) is 18.9 Å². The van der Waals surface area contributed by atoms with E-state index in [1.165, 1.54) is 4.90 Å². The van der Waals surface area contributed by atoms with Crippen LogP contribution in [0.5, 0.6) is 0 Å². The minimum atomic E-state index is -5.24. The van der Waals surface area contributed by atoms with Crippen LogP contribution in [0.15, 0.2) is 78.9 Å². The lowest BCUT2D eigenvalue weighted by Gasteiger charge is -2.39. The molecule has 0 bridgehead atoms. The Hall–Kier alpha value is -3.27. The van der Waals surface area contributed by atoms with Crippen LogP contribution in [0, 0.1) is 0 Å². The molecule has 0 aliphatic carbocycles. The quantitative estimate of drug-likeness (QED) is 0.299. The van der Waals surface area contributed by atoms with Crippen LogP contribution in [0.3, 0.4) is 0 Å². The number of carbonyl (C=O) groups excluding carboxylic acids is 2. The number of hydrogen-bond donors (Lipinski definition) is 1. The zero-order valence-corrected chi connectivity index (χ0v) is 23.8. The van der Waals surface area contributed by atoms with Crippen molar-refractivity contribution < 1.29 is 27.5 Å². The maximum Gasteiger partial charge on any atom is 0.490 e. The zero-order chi connectivity index (χ0) is 29.6. The molecule has 1 fully saturated rings. The van der Waals surface area contributed by atoms with Crippen molar-refractivity contribution in [2.45, 2.75) is 37.7 Å². The molecule has 218 valence electrons. The van der Waals surface area contributed by atoms with Crippen LogP contribution in [-0.4, -0.2) is 61.4 Å². The van der Waals surface area contributed by atoms with Gasteiger partial charge in [-0.2, -0.15) is 13.2 Å². The minimum absolute atomic E-state index is 0.220. The molecule has 1 amide bonds. The summed E-state index contributed by atoms with van der Waals surface area (Å²) in [5.74, 6) is -3.50. The maximum absolute atomic E-state index is 13.5. The fourth-order valence-corrected chi connectivity index (χ4v) is 5.13. The number of esters is 1. The van der Waals surface area contributed by atoms with E-state index < -0.39 is 30.3 Å². The number of nitrogens with zero attached hydrogens (tertiary/aromatic N) is 2. The summed E-state index contributed by atoms with van der Waals surface area (Å²) >= 11 is 12.1. The Labute approximate surface area is 247 Å². The van der Waals surface area contributed by atoms with Gasteiger partial charge in [-0.1, -0.05) is 65.7 Å². The Morgan fingerprint density at radius 3 is 2.00 bits per heavy atom. The number of benzene rings is 3. The summed E-state index contributed by atoms with van der Waals surface area (Å²) in [7, 11) is 0. The normalized spacial score (nSPS) is 16.5. The van der Waals surface area contributed by atoms with Gasteiger partial charge in [0.05, 0.1) is 0 Å². The van der Waals surface area contributed by atoms with Crippen molar-refractivity contribution >= 4 is 40.8 Å². The average Bonchev–Trinajstić information content (AvgIpc) is 2.96. The lowest BCUT2D eigenvalue weighted by Crippen LogP contribution is -2.58. The first-order valence-corrected chi connectivity index (χ1v) is 13.9. The van der Waals surface area contributed by atoms with Crippen molar-refractivity contribution in [2.75, 3.05) is 31.1 Å². The van der Waals surface area contributed by atoms with Gasteiger partial charge in [-0.05, 0) is 60.9 Å². The molecule has 0 saturated carbocycles. The molecule has 1 N–H and O–H groups in total. The fraction of sp³-hybridized carbons (Fsp3) is 0.333. The van der Waals surface area contributed by atoms with E-state index in [1.807, 2.05) is 54.6 Å². The van der Waals surface area contributed by atoms with E-state index in [0.717, 1.165) is 16.8 Å². The van der Waals surface area contributed by atoms with Gasteiger partial charge in [0.25, 0.3) is 5.91 Å². The largest absolute Gasteiger partial charge is 0.490 e. The van der Waals surface area contributed by atoms with Crippen molar-refractivity contribution in [3.05, 3.63) is 100 Å². The highest BCUT2D eigenvalue weighted by Gasteiger charge is 2.45. The molecule has 3 aromatic rings. The van der Waals surface area contributed by atoms with Crippen LogP contribution >= 0.6 is 23.2 Å². The average molecular weight is 608 g/mol. The molecule has 6 nitrogen and oxygen atoms in total. The van der Waals surface area contributed by atoms with E-state index in [1.54, 1.807) is 31.2 Å². The predicted molar refractivity (Wildman–Crippen MR) is 153 cm³/mol. The SMILES string of the molecule is CC(NC(=O)C(OC(=O)C(F)(F)F)N1CCN(c2ccccc2)CC1)C(Cc1ccc(Cl)cc1)c1ccc(Cl)cc1. The number of halogens is 5. The standard InChI is InChI=1S/C30H30Cl2F3N3O3/c1-20(26(22-9-13-24(32)14-10-22)19-21-7-11-23(31)12-8-21)36-27(39)28(41-29(40)30(33,34)35)38-17-15-37(16-18-38)25-5-3-2-4-6-25/h2-14,20,26,28H,15-19H2,1H3,(H,36,39). The summed E-state index contributed by atoms with van der Waals surface area (Å²) < 4.78 is 44.3. The number of amides is 1. The van der Waals surface area contributed by atoms with E-state index in [9.17, 15) is 22.8 Å². The van der Waals surface area contributed by atoms with Gasteiger partial charge in [-0.25, -0.2) is 4.79 Å². The molecule has 0 spiro atoms. The molecule has 1 heterocycles. The molecule has 0 aromatic heterocycles. The van der Waals surface area contributed by atoms with Crippen molar-refractivity contribution in [3.63, 3.8) is 0 Å². The van der Waals surface area contributed by atoms with Crippen LogP contribution in [0.2, 0.25) is 10.0 Å². The zero-order valence-electron chi connectivity index (χ0n) is 22.3. The molecule has 0 radical (unpaired) electrons. The Bertz CT molecular complexity index is 1300. The molecular formula is C30H30Cl2F3N3O3. The first-order chi connectivity index (χ1) is 19.5. The smallest absolute Gasteiger partial charge is 0.430 e. The Morgan fingerprint density at radius 1 is 0.878 bits per heavy atom. The lowest BCUT2D eigenvalue weighted by atomic mass is 9.86. The molecule has 3 aromatic carbocycles. The van der Waals surface area contributed by atoms with E-state index in [-0.39, 0.29) is 19.0 Å². The van der Waals surface area contributed by atoms with Gasteiger partial charge in [0.1, 0.15) is 0 Å². The van der Waals surface area contributed by atoms with Crippen LogP contribution in [-0.2, 0) is 20.7 Å². The summed E-state index contributed by atoms with van der Waals surface area (Å²) in [6.45, 7) is 3.09. The number of piperazine rings is 1. The van der Waals surface area contributed by atoms with Gasteiger partial charge in [0.15, 0.2) is 0 Å². The summed E-state index contributed by atoms with van der Waals surface area (Å²) in [5.41, 5.74) is 2.78. The third kappa shape index (κ3) is 8.38. The fourth-order valence-electron chi connectivity index (χ4n) is 4.88. The van der Waals surface area contributed by atoms with Gasteiger partial charge < -0.3 is 15.0 Å². The predicted octanol–water partition coefficient (Wildman–Crippen LogP) is 6.08. The first-order valence-electron chi connectivity index (χ1n) is 13.1. The molecular weight excluding hydrogens is 578 g/mol. The van der Waals surface area contributed by atoms with E-state index in [0.29, 0.717) is 29.6 Å². The van der Waals surface area contributed by atoms with Gasteiger partial charge in [-0.15, -0.1) is 0 Å². The lowest BCUT2D eigenvalue weighted by molar-refractivity contribution is -0.213. The second kappa shape index (κ2) is 13.6. The van der Waals surface area contributed by atoms with Crippen LogP contribution in [0.25, 0.3) is 0 Å². The minimum Gasteiger partial charge on any atom is -0.430 e. The molecule has 11 heteroatoms. The van der Waals surface area contributed by atoms with Crippen LogP contribution in [0.1, 0.15) is 24.0 Å². The number of para-hydroxylation sites is 1. The number of alkyl halides is 3. The number of carbonyl (C=O) groups is 2. The van der Waals surface area contributed by atoms with Crippen LogP contribution < -0.4 is 10.2 Å². The first kappa shape index (κ1) is 30.7. The Balaban J connectivity index is 1.53. The van der Waals surface area contributed by atoms with E-state index in [4.69, 9.17) is 27.9 Å².